The van der Waals surface area contributed by atoms with Gasteiger partial charge in [0.05, 0.1) is 15.5 Å². The molecule has 0 aromatic heterocycles. The number of Topliss-reactive ketones (excluding diaryl/α,β-unsaturated/α-hetero) is 1. The van der Waals surface area contributed by atoms with Gasteiger partial charge in [0.2, 0.25) is 0 Å². The van der Waals surface area contributed by atoms with E-state index in [2.05, 4.69) is 47.8 Å². The first-order valence-electron chi connectivity index (χ1n) is 5.39. The lowest BCUT2D eigenvalue weighted by Gasteiger charge is -2.39. The molecule has 0 heterocycles. The van der Waals surface area contributed by atoms with E-state index in [9.17, 15) is 17.8 Å². The average Bonchev–Trinajstić information content (AvgIpc) is 2.39. The molecule has 2 saturated carbocycles. The topological polar surface area (TPSA) is 71.4 Å². The molecule has 0 saturated heterocycles. The van der Waals surface area contributed by atoms with E-state index in [-0.39, 0.29) is 5.78 Å². The molecule has 2 unspecified atom stereocenters. The Morgan fingerprint density at radius 3 is 2.06 bits per heavy atom. The second kappa shape index (κ2) is 3.81. The predicted octanol–water partition coefficient (Wildman–Crippen LogP) is 2.88. The van der Waals surface area contributed by atoms with E-state index in [1.54, 1.807) is 0 Å². The van der Waals surface area contributed by atoms with E-state index in [4.69, 9.17) is 0 Å². The van der Waals surface area contributed by atoms with E-state index in [0.717, 1.165) is 0 Å². The molecule has 1 N–H and O–H groups in total. The Bertz CT molecular complexity index is 527. The van der Waals surface area contributed by atoms with E-state index < -0.39 is 34.3 Å². The predicted molar refractivity (Wildman–Crippen MR) is 79.1 cm³/mol. The van der Waals surface area contributed by atoms with Gasteiger partial charge in [0.25, 0.3) is 10.1 Å². The highest BCUT2D eigenvalue weighted by Crippen LogP contribution is 2.76. The zero-order valence-corrected chi connectivity index (χ0v) is 15.4. The molecule has 4 nitrogen and oxygen atoms in total. The van der Waals surface area contributed by atoms with Gasteiger partial charge < -0.3 is 0 Å². The van der Waals surface area contributed by atoms with E-state index >= 15 is 0 Å². The molecular weight excluding hydrogens is 456 g/mol. The van der Waals surface area contributed by atoms with Crippen LogP contribution in [0.5, 0.6) is 0 Å². The van der Waals surface area contributed by atoms with Gasteiger partial charge in [-0.25, -0.2) is 0 Å². The summed E-state index contributed by atoms with van der Waals surface area (Å²) in [5, 5.41) is 0. The fraction of sp³-hybridized carbons (Fsp3) is 0.900. The number of rotatable bonds is 2. The molecule has 0 aliphatic heterocycles. The Balaban J connectivity index is 2.66. The van der Waals surface area contributed by atoms with Crippen LogP contribution < -0.4 is 0 Å². The van der Waals surface area contributed by atoms with Gasteiger partial charge in [0.15, 0.2) is 9.02 Å². The van der Waals surface area contributed by atoms with Crippen molar-refractivity contribution in [1.29, 1.82) is 0 Å². The number of carbonyl (C=O) groups excluding carboxylic acids is 1. The number of ketones is 1. The van der Waals surface area contributed by atoms with Crippen molar-refractivity contribution in [3.63, 3.8) is 0 Å². The van der Waals surface area contributed by atoms with Gasteiger partial charge in [-0.3, -0.25) is 9.35 Å². The van der Waals surface area contributed by atoms with Crippen molar-refractivity contribution in [2.24, 2.45) is 10.8 Å². The molecule has 0 spiro atoms. The van der Waals surface area contributed by atoms with Crippen molar-refractivity contribution in [1.82, 2.24) is 0 Å². The quantitative estimate of drug-likeness (QED) is 0.499. The Hall–Kier alpha value is 1.02. The minimum absolute atomic E-state index is 0.222. The van der Waals surface area contributed by atoms with E-state index in [1.165, 1.54) is 0 Å². The minimum atomic E-state index is -4.22. The number of alkyl halides is 3. The van der Waals surface area contributed by atoms with Crippen LogP contribution in [0.15, 0.2) is 0 Å². The van der Waals surface area contributed by atoms with Gasteiger partial charge in [0, 0.05) is 0 Å². The van der Waals surface area contributed by atoms with Crippen LogP contribution in [0, 0.1) is 10.8 Å². The summed E-state index contributed by atoms with van der Waals surface area (Å²) in [4.78, 5) is 12.6. The number of hydrogen-bond acceptors (Lipinski definition) is 3. The minimum Gasteiger partial charge on any atom is -0.296 e. The van der Waals surface area contributed by atoms with Crippen molar-refractivity contribution >= 4 is 63.7 Å². The lowest BCUT2D eigenvalue weighted by Crippen LogP contribution is -2.45. The van der Waals surface area contributed by atoms with Crippen molar-refractivity contribution in [3.05, 3.63) is 0 Å². The summed E-state index contributed by atoms with van der Waals surface area (Å²) < 4.78 is 30.1. The van der Waals surface area contributed by atoms with Gasteiger partial charge >= 0.3 is 0 Å². The lowest BCUT2D eigenvalue weighted by molar-refractivity contribution is -0.128. The van der Waals surface area contributed by atoms with Gasteiger partial charge in [-0.2, -0.15) is 8.42 Å². The van der Waals surface area contributed by atoms with Gasteiger partial charge in [-0.1, -0.05) is 61.6 Å². The van der Waals surface area contributed by atoms with E-state index in [0.29, 0.717) is 12.8 Å². The second-order valence-electron chi connectivity index (χ2n) is 5.64. The van der Waals surface area contributed by atoms with Crippen LogP contribution >= 0.6 is 47.8 Å². The number of hydrogen-bond donors (Lipinski definition) is 1. The molecule has 2 rings (SSSR count). The highest BCUT2D eigenvalue weighted by atomic mass is 79.9. The van der Waals surface area contributed by atoms with E-state index in [1.807, 2.05) is 13.8 Å². The van der Waals surface area contributed by atoms with Crippen LogP contribution in [0.2, 0.25) is 0 Å². The second-order valence-corrected chi connectivity index (χ2v) is 11.9. The Morgan fingerprint density at radius 1 is 1.22 bits per heavy atom. The standard InChI is InChI=1S/C10H13Br3O4S/c1-7(2)8(5-18(15,16)17)3-4-9(7,11)10(12,13)6(8)14/h3-5H2,1-2H3,(H,15,16,17). The largest absolute Gasteiger partial charge is 0.296 e. The smallest absolute Gasteiger partial charge is 0.265 e. The molecule has 0 amide bonds. The van der Waals surface area contributed by atoms with Crippen molar-refractivity contribution in [2.75, 3.05) is 5.75 Å². The molecular formula is C10H13Br3O4S. The fourth-order valence-corrected chi connectivity index (χ4v) is 7.61. The number of fused-ring (bicyclic) bond motifs is 2. The van der Waals surface area contributed by atoms with Gasteiger partial charge in [0.1, 0.15) is 0 Å². The molecule has 2 bridgehead atoms. The summed E-state index contributed by atoms with van der Waals surface area (Å²) in [5.41, 5.74) is -1.67. The van der Waals surface area contributed by atoms with Crippen LogP contribution in [0.4, 0.5) is 0 Å². The zero-order valence-electron chi connectivity index (χ0n) is 9.84. The molecule has 2 atom stereocenters. The first-order chi connectivity index (χ1) is 7.82. The lowest BCUT2D eigenvalue weighted by atomic mass is 9.70. The highest BCUT2D eigenvalue weighted by Gasteiger charge is 2.81. The van der Waals surface area contributed by atoms with Crippen LogP contribution in [-0.4, -0.2) is 32.1 Å². The molecule has 18 heavy (non-hydrogen) atoms. The molecule has 2 fully saturated rings. The van der Waals surface area contributed by atoms with Gasteiger partial charge in [-0.05, 0) is 18.3 Å². The highest BCUT2D eigenvalue weighted by molar-refractivity contribution is 9.26. The third kappa shape index (κ3) is 1.55. The fourth-order valence-electron chi connectivity index (χ4n) is 3.45. The average molecular weight is 469 g/mol. The summed E-state index contributed by atoms with van der Waals surface area (Å²) in [5.74, 6) is -0.751. The third-order valence-electron chi connectivity index (χ3n) is 4.73. The van der Waals surface area contributed by atoms with Crippen LogP contribution in [0.3, 0.4) is 0 Å². The summed E-state index contributed by atoms with van der Waals surface area (Å²) in [6.45, 7) is 3.73. The number of carbonyl (C=O) groups is 1. The van der Waals surface area contributed by atoms with Crippen molar-refractivity contribution in [3.8, 4) is 0 Å². The zero-order chi connectivity index (χ0) is 14.2. The first-order valence-corrected chi connectivity index (χ1v) is 9.37. The third-order valence-corrected chi connectivity index (χ3v) is 10.7. The molecule has 0 aromatic carbocycles. The van der Waals surface area contributed by atoms with Crippen molar-refractivity contribution < 1.29 is 17.8 Å². The van der Waals surface area contributed by atoms with Crippen LogP contribution in [0.1, 0.15) is 26.7 Å². The molecule has 0 radical (unpaired) electrons. The maximum Gasteiger partial charge on any atom is 0.265 e. The molecule has 0 aromatic rings. The summed E-state index contributed by atoms with van der Waals surface area (Å²) in [7, 11) is -4.22. The van der Waals surface area contributed by atoms with Gasteiger partial charge in [-0.15, -0.1) is 0 Å². The van der Waals surface area contributed by atoms with Crippen LogP contribution in [-0.2, 0) is 14.9 Å². The summed E-state index contributed by atoms with van der Waals surface area (Å²) in [6, 6.07) is 0. The van der Waals surface area contributed by atoms with Crippen molar-refractivity contribution in [2.45, 2.75) is 34.2 Å². The maximum atomic E-state index is 12.6. The van der Waals surface area contributed by atoms with Crippen LogP contribution in [0.25, 0.3) is 0 Å². The Labute approximate surface area is 131 Å². The summed E-state index contributed by atoms with van der Waals surface area (Å²) >= 11 is 10.4. The molecule has 2 aliphatic rings. The first kappa shape index (κ1) is 15.4. The Kier molecular flexibility index (Phi) is 3.26. The Morgan fingerprint density at radius 2 is 1.72 bits per heavy atom. The SMILES string of the molecule is CC1(C)C2(CS(=O)(=O)O)CCC1(Br)C(Br)(Br)C2=O. The monoisotopic (exact) mass is 466 g/mol. The molecule has 8 heteroatoms. The normalized spacial score (nSPS) is 41.3. The summed E-state index contributed by atoms with van der Waals surface area (Å²) in [6.07, 6.45) is 1.10. The number of halogens is 3. The molecule has 2 aliphatic carbocycles. The molecule has 104 valence electrons. The maximum absolute atomic E-state index is 12.6.